The number of hydrogen-bond acceptors (Lipinski definition) is 0. The van der Waals surface area contributed by atoms with Gasteiger partial charge in [0.2, 0.25) is 0 Å². The van der Waals surface area contributed by atoms with E-state index < -0.39 is 0 Å². The van der Waals surface area contributed by atoms with Gasteiger partial charge >= 0.3 is 0 Å². The van der Waals surface area contributed by atoms with Crippen LogP contribution in [0.4, 0.5) is 0 Å². The van der Waals surface area contributed by atoms with Crippen LogP contribution >= 0.6 is 7.92 Å². The molecule has 100 valence electrons. The van der Waals surface area contributed by atoms with Crippen LogP contribution in [0.3, 0.4) is 0 Å². The fourth-order valence-corrected chi connectivity index (χ4v) is 5.56. The van der Waals surface area contributed by atoms with Crippen molar-refractivity contribution in [2.24, 2.45) is 5.92 Å². The predicted molar refractivity (Wildman–Crippen MR) is 88.0 cm³/mol. The average molecular weight is 270 g/mol. The van der Waals surface area contributed by atoms with Gasteiger partial charge in [-0.1, -0.05) is 81.4 Å². The van der Waals surface area contributed by atoms with Gasteiger partial charge in [-0.3, -0.25) is 0 Å². The summed E-state index contributed by atoms with van der Waals surface area (Å²) in [5, 5.41) is 2.99. The molecule has 19 heavy (non-hydrogen) atoms. The summed E-state index contributed by atoms with van der Waals surface area (Å²) in [5.41, 5.74) is 0.722. The van der Waals surface area contributed by atoms with Gasteiger partial charge in [0.25, 0.3) is 0 Å². The van der Waals surface area contributed by atoms with Crippen molar-refractivity contribution in [3.8, 4) is 0 Å². The highest BCUT2D eigenvalue weighted by molar-refractivity contribution is 7.73. The number of hydrogen-bond donors (Lipinski definition) is 0. The van der Waals surface area contributed by atoms with Crippen LogP contribution < -0.4 is 10.6 Å². The Balaban J connectivity index is 2.34. The summed E-state index contributed by atoms with van der Waals surface area (Å²) in [6.07, 6.45) is 1.29. The zero-order valence-electron chi connectivity index (χ0n) is 12.1. The van der Waals surface area contributed by atoms with E-state index in [9.17, 15) is 0 Å². The van der Waals surface area contributed by atoms with Gasteiger partial charge in [-0.25, -0.2) is 0 Å². The van der Waals surface area contributed by atoms with Crippen LogP contribution in [0.5, 0.6) is 0 Å². The van der Waals surface area contributed by atoms with Crippen molar-refractivity contribution in [1.82, 2.24) is 0 Å². The lowest BCUT2D eigenvalue weighted by atomic mass is 10.1. The molecule has 1 heteroatoms. The molecular formula is C18H23P. The van der Waals surface area contributed by atoms with Crippen molar-refractivity contribution in [3.05, 3.63) is 60.7 Å². The molecule has 0 aliphatic carbocycles. The van der Waals surface area contributed by atoms with Gasteiger partial charge in [0.15, 0.2) is 0 Å². The Morgan fingerprint density at radius 2 is 1.16 bits per heavy atom. The van der Waals surface area contributed by atoms with Crippen molar-refractivity contribution >= 4 is 18.5 Å². The second-order valence-electron chi connectivity index (χ2n) is 5.52. The van der Waals surface area contributed by atoms with E-state index in [1.807, 2.05) is 0 Å². The van der Waals surface area contributed by atoms with Gasteiger partial charge in [-0.15, -0.1) is 0 Å². The van der Waals surface area contributed by atoms with Crippen LogP contribution in [-0.2, 0) is 0 Å². The molecule has 0 saturated heterocycles. The zero-order valence-corrected chi connectivity index (χ0v) is 13.0. The van der Waals surface area contributed by atoms with E-state index in [0.29, 0.717) is 0 Å². The molecule has 1 atom stereocenters. The van der Waals surface area contributed by atoms with Gasteiger partial charge in [0.1, 0.15) is 0 Å². The van der Waals surface area contributed by atoms with Crippen LogP contribution in [0.25, 0.3) is 0 Å². The molecule has 0 bridgehead atoms. The maximum absolute atomic E-state index is 2.41. The summed E-state index contributed by atoms with van der Waals surface area (Å²) in [4.78, 5) is 0. The number of rotatable bonds is 5. The van der Waals surface area contributed by atoms with Crippen LogP contribution in [0.2, 0.25) is 0 Å². The third kappa shape index (κ3) is 3.91. The minimum Gasteiger partial charge on any atom is -0.0628 e. The fraction of sp³-hybridized carbons (Fsp3) is 0.333. The van der Waals surface area contributed by atoms with Crippen LogP contribution in [0.15, 0.2) is 60.7 Å². The van der Waals surface area contributed by atoms with Gasteiger partial charge in [0, 0.05) is 0 Å². The Kier molecular flexibility index (Phi) is 5.16. The molecule has 0 N–H and O–H groups in total. The third-order valence-electron chi connectivity index (χ3n) is 3.32. The summed E-state index contributed by atoms with van der Waals surface area (Å²) >= 11 is 0. The van der Waals surface area contributed by atoms with Crippen molar-refractivity contribution < 1.29 is 0 Å². The van der Waals surface area contributed by atoms with Crippen LogP contribution in [0, 0.1) is 5.92 Å². The molecule has 2 aromatic carbocycles. The summed E-state index contributed by atoms with van der Waals surface area (Å²) in [5.74, 6) is 0.757. The molecule has 0 spiro atoms. The molecule has 0 saturated carbocycles. The molecule has 0 radical (unpaired) electrons. The maximum atomic E-state index is 2.41. The highest BCUT2D eigenvalue weighted by Gasteiger charge is 2.21. The van der Waals surface area contributed by atoms with Gasteiger partial charge in [-0.2, -0.15) is 0 Å². The Labute approximate surface area is 118 Å². The van der Waals surface area contributed by atoms with E-state index in [1.54, 1.807) is 0 Å². The van der Waals surface area contributed by atoms with E-state index in [2.05, 4.69) is 81.4 Å². The topological polar surface area (TPSA) is 0 Å². The third-order valence-corrected chi connectivity index (χ3v) is 6.12. The Morgan fingerprint density at radius 1 is 0.737 bits per heavy atom. The minimum atomic E-state index is -0.245. The van der Waals surface area contributed by atoms with E-state index in [0.717, 1.165) is 11.6 Å². The largest absolute Gasteiger partial charge is 0.0628 e. The summed E-state index contributed by atoms with van der Waals surface area (Å²) in [7, 11) is -0.245. The molecule has 2 rings (SSSR count). The lowest BCUT2D eigenvalue weighted by Crippen LogP contribution is -2.20. The molecule has 0 unspecified atom stereocenters. The Hall–Kier alpha value is -1.13. The first-order valence-corrected chi connectivity index (χ1v) is 8.49. The molecule has 0 aliphatic heterocycles. The Bertz CT molecular complexity index is 436. The highest BCUT2D eigenvalue weighted by atomic mass is 31.1. The van der Waals surface area contributed by atoms with E-state index in [1.165, 1.54) is 17.0 Å². The molecule has 0 aromatic heterocycles. The van der Waals surface area contributed by atoms with Gasteiger partial charge < -0.3 is 0 Å². The second kappa shape index (κ2) is 6.87. The second-order valence-corrected chi connectivity index (χ2v) is 8.17. The Morgan fingerprint density at radius 3 is 1.53 bits per heavy atom. The first kappa shape index (κ1) is 14.3. The van der Waals surface area contributed by atoms with E-state index >= 15 is 0 Å². The summed E-state index contributed by atoms with van der Waals surface area (Å²) in [6, 6.07) is 22.0. The predicted octanol–water partition coefficient (Wildman–Crippen LogP) is 4.55. The van der Waals surface area contributed by atoms with Crippen LogP contribution in [-0.4, -0.2) is 5.66 Å². The normalized spacial score (nSPS) is 12.9. The average Bonchev–Trinajstić information content (AvgIpc) is 2.40. The van der Waals surface area contributed by atoms with Crippen molar-refractivity contribution in [2.45, 2.75) is 32.9 Å². The molecule has 0 fully saturated rings. The lowest BCUT2D eigenvalue weighted by Gasteiger charge is -2.27. The summed E-state index contributed by atoms with van der Waals surface area (Å²) < 4.78 is 0. The molecule has 2 aromatic rings. The SMILES string of the molecule is CC(C)C[C@@H](C)P(c1ccccc1)c1ccccc1. The quantitative estimate of drug-likeness (QED) is 0.699. The molecular weight excluding hydrogens is 247 g/mol. The first-order valence-electron chi connectivity index (χ1n) is 7.08. The fourth-order valence-electron chi connectivity index (χ4n) is 2.62. The molecule has 0 aliphatic rings. The van der Waals surface area contributed by atoms with Crippen molar-refractivity contribution in [1.29, 1.82) is 0 Å². The van der Waals surface area contributed by atoms with Crippen LogP contribution in [0.1, 0.15) is 27.2 Å². The van der Waals surface area contributed by atoms with Crippen molar-refractivity contribution in [3.63, 3.8) is 0 Å². The van der Waals surface area contributed by atoms with E-state index in [4.69, 9.17) is 0 Å². The highest BCUT2D eigenvalue weighted by Crippen LogP contribution is 2.41. The molecule has 0 nitrogen and oxygen atoms in total. The minimum absolute atomic E-state index is 0.245. The smallest absolute Gasteiger partial charge is 0.0155 e. The number of benzene rings is 2. The molecule has 0 heterocycles. The van der Waals surface area contributed by atoms with Gasteiger partial charge in [0.05, 0.1) is 0 Å². The standard InChI is InChI=1S/C18H23P/c1-15(2)14-16(3)19(17-10-6-4-7-11-17)18-12-8-5-9-13-18/h4-13,15-16H,14H2,1-3H3/t16-/m1/s1. The van der Waals surface area contributed by atoms with Crippen molar-refractivity contribution in [2.75, 3.05) is 0 Å². The van der Waals surface area contributed by atoms with Gasteiger partial charge in [-0.05, 0) is 36.5 Å². The zero-order chi connectivity index (χ0) is 13.7. The molecule has 0 amide bonds. The summed E-state index contributed by atoms with van der Waals surface area (Å²) in [6.45, 7) is 7.05. The maximum Gasteiger partial charge on any atom is -0.0155 e. The van der Waals surface area contributed by atoms with E-state index in [-0.39, 0.29) is 7.92 Å². The lowest BCUT2D eigenvalue weighted by molar-refractivity contribution is 0.582. The monoisotopic (exact) mass is 270 g/mol. The first-order chi connectivity index (χ1) is 9.18.